The van der Waals surface area contributed by atoms with Crippen LogP contribution in [-0.2, 0) is 9.59 Å². The average Bonchev–Trinajstić information content (AvgIpc) is 2.45. The minimum Gasteiger partial charge on any atom is -0.345 e. The lowest BCUT2D eigenvalue weighted by Gasteiger charge is -2.38. The first-order valence-corrected chi connectivity index (χ1v) is 7.83. The zero-order valence-electron chi connectivity index (χ0n) is 12.2. The lowest BCUT2D eigenvalue weighted by molar-refractivity contribution is -0.124. The molecule has 2 rings (SSSR count). The Kier molecular flexibility index (Phi) is 5.08. The van der Waals surface area contributed by atoms with E-state index < -0.39 is 0 Å². The van der Waals surface area contributed by atoms with Crippen LogP contribution in [0.5, 0.6) is 0 Å². The number of rotatable bonds is 4. The highest BCUT2D eigenvalue weighted by molar-refractivity contribution is 7.81. The van der Waals surface area contributed by atoms with Gasteiger partial charge in [0, 0.05) is 31.3 Å². The van der Waals surface area contributed by atoms with Crippen molar-refractivity contribution in [3.63, 3.8) is 0 Å². The third-order valence-electron chi connectivity index (χ3n) is 4.41. The van der Waals surface area contributed by atoms with Crippen LogP contribution in [-0.4, -0.2) is 36.4 Å². The van der Waals surface area contributed by atoms with Crippen molar-refractivity contribution in [2.45, 2.75) is 37.4 Å². The van der Waals surface area contributed by atoms with Crippen LogP contribution in [0, 0.1) is 11.8 Å². The van der Waals surface area contributed by atoms with Crippen molar-refractivity contribution in [3.05, 3.63) is 23.3 Å². The predicted molar refractivity (Wildman–Crippen MR) is 83.8 cm³/mol. The van der Waals surface area contributed by atoms with Gasteiger partial charge < -0.3 is 9.69 Å². The van der Waals surface area contributed by atoms with Crippen molar-refractivity contribution >= 4 is 24.8 Å². The summed E-state index contributed by atoms with van der Waals surface area (Å²) >= 11 is 4.72. The van der Waals surface area contributed by atoms with Gasteiger partial charge in [0.25, 0.3) is 0 Å². The van der Waals surface area contributed by atoms with Crippen molar-refractivity contribution in [2.75, 3.05) is 14.1 Å². The third kappa shape index (κ3) is 3.00. The average molecular weight is 293 g/mol. The summed E-state index contributed by atoms with van der Waals surface area (Å²) in [6.07, 6.45) is 10.0. The maximum atomic E-state index is 12.2. The van der Waals surface area contributed by atoms with Crippen LogP contribution in [0.2, 0.25) is 0 Å². The van der Waals surface area contributed by atoms with Gasteiger partial charge in [-0.3, -0.25) is 4.79 Å². The highest BCUT2D eigenvalue weighted by Gasteiger charge is 2.36. The van der Waals surface area contributed by atoms with E-state index in [1.807, 2.05) is 6.08 Å². The standard InChI is InChI=1S/C16H23NO2S/c1-17(2)16(19)14-9-8-12-11(6-4-10-18)5-3-7-13(12)15(14)20/h8-11,13,15,20H,3-7H2,1-2H3. The molecule has 2 aliphatic carbocycles. The van der Waals surface area contributed by atoms with Crippen LogP contribution in [0.3, 0.4) is 0 Å². The molecule has 0 saturated heterocycles. The number of nitrogens with zero attached hydrogens (tertiary/aromatic N) is 1. The second-order valence-electron chi connectivity index (χ2n) is 5.91. The molecule has 0 aromatic heterocycles. The Morgan fingerprint density at radius 3 is 2.80 bits per heavy atom. The second kappa shape index (κ2) is 6.61. The van der Waals surface area contributed by atoms with Gasteiger partial charge >= 0.3 is 0 Å². The summed E-state index contributed by atoms with van der Waals surface area (Å²) in [5.74, 6) is 0.892. The molecule has 3 unspecified atom stereocenters. The Bertz CT molecular complexity index is 453. The summed E-state index contributed by atoms with van der Waals surface area (Å²) in [5, 5.41) is -0.0102. The minimum atomic E-state index is -0.0102. The molecule has 0 N–H and O–H groups in total. The minimum absolute atomic E-state index is 0.0102. The molecule has 1 fully saturated rings. The number of thiol groups is 1. The van der Waals surface area contributed by atoms with Crippen LogP contribution in [0.25, 0.3) is 0 Å². The Morgan fingerprint density at radius 2 is 2.15 bits per heavy atom. The fourth-order valence-corrected chi connectivity index (χ4v) is 3.88. The molecule has 0 spiro atoms. The van der Waals surface area contributed by atoms with E-state index in [0.29, 0.717) is 18.3 Å². The zero-order chi connectivity index (χ0) is 14.7. The molecule has 3 atom stereocenters. The number of hydrogen-bond acceptors (Lipinski definition) is 3. The fourth-order valence-electron chi connectivity index (χ4n) is 3.36. The van der Waals surface area contributed by atoms with Crippen LogP contribution in [0.1, 0.15) is 32.1 Å². The Balaban J connectivity index is 2.23. The quantitative estimate of drug-likeness (QED) is 0.639. The SMILES string of the molecule is CN(C)C(=O)C1=CC=C2C(CCC=O)CCCC2C1S. The smallest absolute Gasteiger partial charge is 0.250 e. The number of hydrogen-bond donors (Lipinski definition) is 1. The summed E-state index contributed by atoms with van der Waals surface area (Å²) in [5.41, 5.74) is 2.19. The van der Waals surface area contributed by atoms with Crippen molar-refractivity contribution in [2.24, 2.45) is 11.8 Å². The van der Waals surface area contributed by atoms with Crippen molar-refractivity contribution in [1.29, 1.82) is 0 Å². The molecule has 3 nitrogen and oxygen atoms in total. The summed E-state index contributed by atoms with van der Waals surface area (Å²) in [6, 6.07) is 0. The van der Waals surface area contributed by atoms with E-state index >= 15 is 0 Å². The van der Waals surface area contributed by atoms with Gasteiger partial charge in [0.2, 0.25) is 5.91 Å². The normalized spacial score (nSPS) is 29.1. The lowest BCUT2D eigenvalue weighted by atomic mass is 9.70. The molecule has 0 aliphatic heterocycles. The van der Waals surface area contributed by atoms with Crippen LogP contribution in [0.4, 0.5) is 0 Å². The first-order chi connectivity index (χ1) is 9.56. The van der Waals surface area contributed by atoms with E-state index in [0.717, 1.165) is 37.5 Å². The van der Waals surface area contributed by atoms with E-state index in [2.05, 4.69) is 6.08 Å². The Morgan fingerprint density at radius 1 is 1.40 bits per heavy atom. The van der Waals surface area contributed by atoms with Crippen molar-refractivity contribution in [3.8, 4) is 0 Å². The summed E-state index contributed by atoms with van der Waals surface area (Å²) in [4.78, 5) is 24.4. The van der Waals surface area contributed by atoms with Crippen LogP contribution < -0.4 is 0 Å². The second-order valence-corrected chi connectivity index (χ2v) is 6.47. The lowest BCUT2D eigenvalue weighted by Crippen LogP contribution is -2.36. The fraction of sp³-hybridized carbons (Fsp3) is 0.625. The van der Waals surface area contributed by atoms with E-state index in [4.69, 9.17) is 12.6 Å². The van der Waals surface area contributed by atoms with E-state index in [1.165, 1.54) is 5.57 Å². The zero-order valence-corrected chi connectivity index (χ0v) is 13.1. The number of likely N-dealkylation sites (N-methyl/N-ethyl adjacent to an activating group) is 1. The maximum absolute atomic E-state index is 12.2. The topological polar surface area (TPSA) is 37.4 Å². The van der Waals surface area contributed by atoms with Crippen LogP contribution >= 0.6 is 12.6 Å². The third-order valence-corrected chi connectivity index (χ3v) is 5.05. The molecule has 0 aromatic carbocycles. The first-order valence-electron chi connectivity index (χ1n) is 7.31. The first kappa shape index (κ1) is 15.4. The molecule has 20 heavy (non-hydrogen) atoms. The number of amides is 1. The number of allylic oxidation sites excluding steroid dienone is 3. The van der Waals surface area contributed by atoms with Crippen LogP contribution in [0.15, 0.2) is 23.3 Å². The summed E-state index contributed by atoms with van der Waals surface area (Å²) in [6.45, 7) is 0. The summed E-state index contributed by atoms with van der Waals surface area (Å²) in [7, 11) is 3.55. The number of fused-ring (bicyclic) bond motifs is 1. The molecule has 0 radical (unpaired) electrons. The number of aldehydes is 1. The predicted octanol–water partition coefficient (Wildman–Crippen LogP) is 2.63. The van der Waals surface area contributed by atoms with Crippen molar-refractivity contribution < 1.29 is 9.59 Å². The Labute approximate surface area is 126 Å². The summed E-state index contributed by atoms with van der Waals surface area (Å²) < 4.78 is 0. The van der Waals surface area contributed by atoms with Gasteiger partial charge in [0.15, 0.2) is 0 Å². The molecule has 1 amide bonds. The molecule has 0 aromatic rings. The van der Waals surface area contributed by atoms with E-state index in [1.54, 1.807) is 19.0 Å². The molecule has 110 valence electrons. The van der Waals surface area contributed by atoms with Gasteiger partial charge in [-0.25, -0.2) is 0 Å². The highest BCUT2D eigenvalue weighted by Crippen LogP contribution is 2.44. The van der Waals surface area contributed by atoms with Gasteiger partial charge in [0.1, 0.15) is 6.29 Å². The maximum Gasteiger partial charge on any atom is 0.250 e. The van der Waals surface area contributed by atoms with Gasteiger partial charge in [-0.2, -0.15) is 12.6 Å². The highest BCUT2D eigenvalue weighted by atomic mass is 32.1. The molecular weight excluding hydrogens is 270 g/mol. The van der Waals surface area contributed by atoms with Crippen molar-refractivity contribution in [1.82, 2.24) is 4.90 Å². The number of carbonyl (C=O) groups is 2. The molecule has 4 heteroatoms. The van der Waals surface area contributed by atoms with Gasteiger partial charge in [-0.1, -0.05) is 24.1 Å². The molecule has 2 aliphatic rings. The van der Waals surface area contributed by atoms with E-state index in [9.17, 15) is 9.59 Å². The monoisotopic (exact) mass is 293 g/mol. The molecule has 1 saturated carbocycles. The Hall–Kier alpha value is -1.03. The van der Waals surface area contributed by atoms with E-state index in [-0.39, 0.29) is 11.2 Å². The van der Waals surface area contributed by atoms with Gasteiger partial charge in [-0.15, -0.1) is 0 Å². The van der Waals surface area contributed by atoms with Gasteiger partial charge in [0.05, 0.1) is 0 Å². The molecular formula is C16H23NO2S. The molecule has 0 heterocycles. The molecule has 0 bridgehead atoms. The largest absolute Gasteiger partial charge is 0.345 e. The van der Waals surface area contributed by atoms with Gasteiger partial charge in [-0.05, 0) is 31.1 Å². The number of carbonyl (C=O) groups excluding carboxylic acids is 2.